The van der Waals surface area contributed by atoms with Crippen LogP contribution in [-0.2, 0) is 4.79 Å². The Kier molecular flexibility index (Phi) is 4.66. The molecule has 0 aromatic heterocycles. The number of nitrogens with one attached hydrogen (secondary N) is 1. The Morgan fingerprint density at radius 3 is 2.64 bits per heavy atom. The van der Waals surface area contributed by atoms with Crippen molar-refractivity contribution in [2.45, 2.75) is 37.8 Å². The van der Waals surface area contributed by atoms with Crippen molar-refractivity contribution in [3.05, 3.63) is 29.8 Å². The van der Waals surface area contributed by atoms with Gasteiger partial charge in [0.2, 0.25) is 17.8 Å². The van der Waals surface area contributed by atoms with Crippen molar-refractivity contribution in [2.24, 2.45) is 21.5 Å². The third-order valence-electron chi connectivity index (χ3n) is 5.55. The monoisotopic (exact) mass is 383 g/mol. The normalized spacial score (nSPS) is 21.8. The Hall–Kier alpha value is -3.10. The number of aliphatic imine (C=N–C) groups is 2. The summed E-state index contributed by atoms with van der Waals surface area (Å²) in [6.45, 7) is 0.969. The van der Waals surface area contributed by atoms with Gasteiger partial charge in [0.15, 0.2) is 0 Å². The predicted molar refractivity (Wildman–Crippen MR) is 107 cm³/mol. The lowest BCUT2D eigenvalue weighted by molar-refractivity contribution is -0.123. The molecule has 0 atom stereocenters. The van der Waals surface area contributed by atoms with Gasteiger partial charge in [-0.15, -0.1) is 0 Å². The minimum absolute atomic E-state index is 0.0486. The van der Waals surface area contributed by atoms with Crippen LogP contribution < -0.4 is 21.7 Å². The fourth-order valence-corrected chi connectivity index (χ4v) is 4.30. The maximum Gasteiger partial charge on any atom is 0.256 e. The van der Waals surface area contributed by atoms with Gasteiger partial charge in [0.25, 0.3) is 5.91 Å². The molecule has 1 saturated heterocycles. The summed E-state index contributed by atoms with van der Waals surface area (Å²) in [5.41, 5.74) is 12.8. The lowest BCUT2D eigenvalue weighted by Gasteiger charge is -2.46. The third-order valence-corrected chi connectivity index (χ3v) is 5.55. The van der Waals surface area contributed by atoms with E-state index >= 15 is 0 Å². The lowest BCUT2D eigenvalue weighted by Crippen LogP contribution is -2.59. The number of rotatable bonds is 2. The molecule has 2 aliphatic heterocycles. The molecule has 1 saturated carbocycles. The van der Waals surface area contributed by atoms with Crippen LogP contribution in [0.4, 0.5) is 5.69 Å². The summed E-state index contributed by atoms with van der Waals surface area (Å²) in [6.07, 6.45) is 4.72. The molecule has 2 fully saturated rings. The number of hydrogen-bond acceptors (Lipinski definition) is 7. The molecular formula is C19H25N7O2. The Morgan fingerprint density at radius 2 is 1.89 bits per heavy atom. The van der Waals surface area contributed by atoms with E-state index in [-0.39, 0.29) is 30.3 Å². The second-order valence-electron chi connectivity index (χ2n) is 7.41. The largest absolute Gasteiger partial charge is 0.369 e. The van der Waals surface area contributed by atoms with Gasteiger partial charge in [-0.25, -0.2) is 4.99 Å². The minimum atomic E-state index is -0.621. The summed E-state index contributed by atoms with van der Waals surface area (Å²) in [7, 11) is 0. The second-order valence-corrected chi connectivity index (χ2v) is 7.41. The van der Waals surface area contributed by atoms with E-state index in [4.69, 9.17) is 11.5 Å². The Labute approximate surface area is 163 Å². The summed E-state index contributed by atoms with van der Waals surface area (Å²) in [4.78, 5) is 37.2. The van der Waals surface area contributed by atoms with E-state index in [1.165, 1.54) is 0 Å². The molecule has 1 aliphatic carbocycles. The van der Waals surface area contributed by atoms with E-state index in [0.717, 1.165) is 32.1 Å². The third kappa shape index (κ3) is 3.17. The lowest BCUT2D eigenvalue weighted by atomic mass is 9.87. The number of benzene rings is 1. The van der Waals surface area contributed by atoms with Gasteiger partial charge in [-0.3, -0.25) is 14.5 Å². The molecule has 9 heteroatoms. The number of piperazine rings is 1. The zero-order valence-electron chi connectivity index (χ0n) is 15.7. The van der Waals surface area contributed by atoms with Crippen molar-refractivity contribution in [3.8, 4) is 0 Å². The quantitative estimate of drug-likeness (QED) is 0.679. The highest BCUT2D eigenvalue weighted by atomic mass is 16.2. The van der Waals surface area contributed by atoms with Gasteiger partial charge >= 0.3 is 0 Å². The van der Waals surface area contributed by atoms with Gasteiger partial charge < -0.3 is 21.7 Å². The van der Waals surface area contributed by atoms with Gasteiger partial charge in [-0.2, -0.15) is 4.99 Å². The van der Waals surface area contributed by atoms with Gasteiger partial charge in [-0.05, 0) is 37.8 Å². The van der Waals surface area contributed by atoms with Crippen LogP contribution in [0, 0.1) is 0 Å². The van der Waals surface area contributed by atoms with Crippen molar-refractivity contribution in [1.82, 2.24) is 10.2 Å². The van der Waals surface area contributed by atoms with Crippen LogP contribution in [0.25, 0.3) is 0 Å². The molecule has 2 heterocycles. The van der Waals surface area contributed by atoms with E-state index in [1.54, 1.807) is 11.0 Å². The molecule has 5 N–H and O–H groups in total. The Balaban J connectivity index is 1.75. The number of carbonyl (C=O) groups excluding carboxylic acids is 2. The maximum absolute atomic E-state index is 13.2. The van der Waals surface area contributed by atoms with E-state index in [1.807, 2.05) is 23.1 Å². The van der Waals surface area contributed by atoms with Crippen molar-refractivity contribution in [1.29, 1.82) is 0 Å². The first-order chi connectivity index (χ1) is 13.5. The molecule has 0 unspecified atom stereocenters. The van der Waals surface area contributed by atoms with Crippen LogP contribution in [0.2, 0.25) is 0 Å². The van der Waals surface area contributed by atoms with Crippen LogP contribution in [0.3, 0.4) is 0 Å². The molecule has 148 valence electrons. The van der Waals surface area contributed by atoms with E-state index < -0.39 is 5.66 Å². The van der Waals surface area contributed by atoms with Gasteiger partial charge in [0.1, 0.15) is 5.66 Å². The van der Waals surface area contributed by atoms with Crippen LogP contribution in [0.1, 0.15) is 42.5 Å². The number of nitrogens with zero attached hydrogens (tertiary/aromatic N) is 4. The first-order valence-corrected chi connectivity index (χ1v) is 9.65. The summed E-state index contributed by atoms with van der Waals surface area (Å²) in [5.74, 6) is 0.0576. The van der Waals surface area contributed by atoms with Gasteiger partial charge in [-0.1, -0.05) is 18.6 Å². The number of carbonyl (C=O) groups is 2. The molecule has 9 nitrogen and oxygen atoms in total. The van der Waals surface area contributed by atoms with Crippen molar-refractivity contribution in [3.63, 3.8) is 0 Å². The fourth-order valence-electron chi connectivity index (χ4n) is 4.30. The highest BCUT2D eigenvalue weighted by molar-refractivity contribution is 6.10. The highest BCUT2D eigenvalue weighted by Gasteiger charge is 2.44. The fraction of sp³-hybridized carbons (Fsp3) is 0.474. The standard InChI is InChI=1S/C19H25N7O2/c20-17-23-18(21)26(19(24-17)8-4-1-5-9-19)14-7-3-2-6-13(14)16(28)25-11-10-22-15(27)12-25/h2-3,6-7H,1,4-5,8-12H2,(H,22,27)(H4,20,21,23,24). The summed E-state index contributed by atoms with van der Waals surface area (Å²) in [5, 5.41) is 2.74. The van der Waals surface area contributed by atoms with Gasteiger partial charge in [0, 0.05) is 13.1 Å². The van der Waals surface area contributed by atoms with E-state index in [2.05, 4.69) is 15.3 Å². The number of nitrogens with two attached hydrogens (primary N) is 2. The molecule has 1 aromatic carbocycles. The molecule has 3 aliphatic rings. The molecule has 1 aromatic rings. The summed E-state index contributed by atoms with van der Waals surface area (Å²) < 4.78 is 0. The summed E-state index contributed by atoms with van der Waals surface area (Å²) >= 11 is 0. The molecule has 1 spiro atoms. The molecule has 0 radical (unpaired) electrons. The van der Waals surface area contributed by atoms with Crippen LogP contribution >= 0.6 is 0 Å². The van der Waals surface area contributed by atoms with Gasteiger partial charge in [0.05, 0.1) is 17.8 Å². The molecule has 2 amide bonds. The first-order valence-electron chi connectivity index (χ1n) is 9.65. The second kappa shape index (κ2) is 7.14. The highest BCUT2D eigenvalue weighted by Crippen LogP contribution is 2.40. The molecular weight excluding hydrogens is 358 g/mol. The van der Waals surface area contributed by atoms with Crippen molar-refractivity contribution in [2.75, 3.05) is 24.5 Å². The van der Waals surface area contributed by atoms with Crippen molar-refractivity contribution < 1.29 is 9.59 Å². The van der Waals surface area contributed by atoms with Crippen LogP contribution in [-0.4, -0.2) is 53.9 Å². The minimum Gasteiger partial charge on any atom is -0.369 e. The predicted octanol–water partition coefficient (Wildman–Crippen LogP) is 0.368. The number of para-hydroxylation sites is 1. The number of amides is 2. The zero-order chi connectivity index (χ0) is 19.7. The Bertz CT molecular complexity index is 858. The number of anilines is 1. The average Bonchev–Trinajstić information content (AvgIpc) is 2.68. The van der Waals surface area contributed by atoms with Crippen LogP contribution in [0.5, 0.6) is 0 Å². The number of hydrogen-bond donors (Lipinski definition) is 3. The number of guanidine groups is 2. The molecule has 4 rings (SSSR count). The van der Waals surface area contributed by atoms with E-state index in [0.29, 0.717) is 24.3 Å². The Morgan fingerprint density at radius 1 is 1.14 bits per heavy atom. The first kappa shape index (κ1) is 18.3. The van der Waals surface area contributed by atoms with E-state index in [9.17, 15) is 9.59 Å². The molecule has 28 heavy (non-hydrogen) atoms. The topological polar surface area (TPSA) is 129 Å². The van der Waals surface area contributed by atoms with Crippen LogP contribution in [0.15, 0.2) is 34.3 Å². The summed E-state index contributed by atoms with van der Waals surface area (Å²) in [6, 6.07) is 7.28. The zero-order valence-corrected chi connectivity index (χ0v) is 15.7. The SMILES string of the molecule is NC1=NC2(CCCCC2)N(c2ccccc2C(=O)N2CCNC(=O)C2)C(N)=N1. The smallest absolute Gasteiger partial charge is 0.256 e. The molecule has 0 bridgehead atoms. The maximum atomic E-state index is 13.2. The van der Waals surface area contributed by atoms with Crippen molar-refractivity contribution >= 4 is 29.4 Å². The average molecular weight is 383 g/mol.